The second-order valence-corrected chi connectivity index (χ2v) is 14.6. The summed E-state index contributed by atoms with van der Waals surface area (Å²) in [4.78, 5) is 45.3. The number of hydrogen-bond acceptors (Lipinski definition) is 5. The predicted octanol–water partition coefficient (Wildman–Crippen LogP) is 11.4. The minimum atomic E-state index is -1.00. The lowest BCUT2D eigenvalue weighted by molar-refractivity contribution is -0.160. The van der Waals surface area contributed by atoms with E-state index >= 15 is 0 Å². The molecule has 0 heterocycles. The average molecular weight is 731 g/mol. The summed E-state index contributed by atoms with van der Waals surface area (Å²) in [7, 11) is 0. The summed E-state index contributed by atoms with van der Waals surface area (Å²) in [5.41, 5.74) is 10.9. The van der Waals surface area contributed by atoms with E-state index in [-0.39, 0.29) is 31.3 Å². The molecule has 0 aromatic carbocycles. The minimum absolute atomic E-state index is 0.0306. The van der Waals surface area contributed by atoms with Gasteiger partial charge < -0.3 is 16.2 Å². The van der Waals surface area contributed by atoms with Gasteiger partial charge in [0.2, 0.25) is 5.91 Å². The number of carbonyl (C=O) groups excluding carboxylic acids is 3. The SMILES string of the molecule is CCCCCCCC/C=C\CCCCCCCC(=O)N(C(=O)C=CCCCCCCCCCCCCCCC)[C@@H](CCCN=C(N)N)C(=O)OCC. The van der Waals surface area contributed by atoms with E-state index < -0.39 is 17.9 Å². The van der Waals surface area contributed by atoms with Crippen LogP contribution in [0.5, 0.6) is 0 Å². The second-order valence-electron chi connectivity index (χ2n) is 14.6. The summed E-state index contributed by atoms with van der Waals surface area (Å²) in [5, 5.41) is 0. The number of rotatable bonds is 37. The molecule has 8 heteroatoms. The van der Waals surface area contributed by atoms with Crippen molar-refractivity contribution in [2.45, 2.75) is 219 Å². The largest absolute Gasteiger partial charge is 0.464 e. The van der Waals surface area contributed by atoms with Crippen molar-refractivity contribution in [3.8, 4) is 0 Å². The van der Waals surface area contributed by atoms with Crippen LogP contribution in [0.25, 0.3) is 0 Å². The summed E-state index contributed by atoms with van der Waals surface area (Å²) in [5.74, 6) is -1.37. The number of carbonyl (C=O) groups is 3. The van der Waals surface area contributed by atoms with E-state index in [4.69, 9.17) is 16.2 Å². The van der Waals surface area contributed by atoms with E-state index in [0.717, 1.165) is 56.3 Å². The molecule has 2 amide bonds. The van der Waals surface area contributed by atoms with Crippen LogP contribution in [0.3, 0.4) is 0 Å². The number of hydrogen-bond donors (Lipinski definition) is 2. The van der Waals surface area contributed by atoms with Crippen molar-refractivity contribution in [2.75, 3.05) is 13.2 Å². The van der Waals surface area contributed by atoms with Gasteiger partial charge in [-0.3, -0.25) is 19.5 Å². The number of unbranched alkanes of at least 4 members (excludes halogenated alkanes) is 24. The van der Waals surface area contributed by atoms with E-state index in [0.29, 0.717) is 19.4 Å². The number of nitrogens with two attached hydrogens (primary N) is 2. The van der Waals surface area contributed by atoms with Crippen molar-refractivity contribution < 1.29 is 19.1 Å². The third kappa shape index (κ3) is 30.9. The number of allylic oxidation sites excluding steroid dienone is 3. The molecule has 0 spiro atoms. The maximum atomic E-state index is 13.6. The molecule has 52 heavy (non-hydrogen) atoms. The average Bonchev–Trinajstić information content (AvgIpc) is 3.12. The van der Waals surface area contributed by atoms with Crippen LogP contribution in [0.15, 0.2) is 29.3 Å². The first-order chi connectivity index (χ1) is 25.4. The quantitative estimate of drug-likeness (QED) is 0.0163. The summed E-state index contributed by atoms with van der Waals surface area (Å²) in [6.45, 7) is 6.71. The highest BCUT2D eigenvalue weighted by molar-refractivity contribution is 6.04. The summed E-state index contributed by atoms with van der Waals surface area (Å²) < 4.78 is 5.33. The fraction of sp³-hybridized carbons (Fsp3) is 0.818. The molecular weight excluding hydrogens is 649 g/mol. The number of guanidine groups is 1. The minimum Gasteiger partial charge on any atom is -0.464 e. The van der Waals surface area contributed by atoms with Crippen LogP contribution in [0.4, 0.5) is 0 Å². The first-order valence-corrected chi connectivity index (χ1v) is 21.8. The van der Waals surface area contributed by atoms with Crippen molar-refractivity contribution in [1.29, 1.82) is 0 Å². The number of ether oxygens (including phenoxy) is 1. The Morgan fingerprint density at radius 2 is 1.00 bits per heavy atom. The second kappa shape index (κ2) is 38.1. The third-order valence-electron chi connectivity index (χ3n) is 9.69. The molecule has 0 aliphatic rings. The van der Waals surface area contributed by atoms with E-state index in [2.05, 4.69) is 31.0 Å². The zero-order valence-electron chi connectivity index (χ0n) is 34.2. The van der Waals surface area contributed by atoms with Crippen LogP contribution < -0.4 is 11.5 Å². The van der Waals surface area contributed by atoms with Crippen LogP contribution in [-0.4, -0.2) is 47.8 Å². The molecule has 8 nitrogen and oxygen atoms in total. The molecule has 0 unspecified atom stereocenters. The van der Waals surface area contributed by atoms with Crippen LogP contribution in [0.2, 0.25) is 0 Å². The fourth-order valence-corrected chi connectivity index (χ4v) is 6.55. The first kappa shape index (κ1) is 49.4. The van der Waals surface area contributed by atoms with Crippen LogP contribution in [0, 0.1) is 0 Å². The molecule has 0 rings (SSSR count). The Bertz CT molecular complexity index is 945. The maximum absolute atomic E-state index is 13.6. The van der Waals surface area contributed by atoms with Gasteiger partial charge in [-0.25, -0.2) is 4.79 Å². The summed E-state index contributed by atoms with van der Waals surface area (Å²) in [6.07, 6.45) is 41.6. The molecule has 4 N–H and O–H groups in total. The highest BCUT2D eigenvalue weighted by Crippen LogP contribution is 2.17. The molecule has 0 radical (unpaired) electrons. The molecule has 0 aromatic heterocycles. The Morgan fingerprint density at radius 1 is 0.577 bits per heavy atom. The van der Waals surface area contributed by atoms with Crippen molar-refractivity contribution in [3.63, 3.8) is 0 Å². The predicted molar refractivity (Wildman–Crippen MR) is 221 cm³/mol. The molecule has 0 aromatic rings. The number of nitrogens with zero attached hydrogens (tertiary/aromatic N) is 2. The van der Waals surface area contributed by atoms with Gasteiger partial charge in [0.15, 0.2) is 5.96 Å². The number of imide groups is 1. The Kier molecular flexibility index (Phi) is 36.2. The van der Waals surface area contributed by atoms with Crippen LogP contribution in [0.1, 0.15) is 213 Å². The fourth-order valence-electron chi connectivity index (χ4n) is 6.55. The standard InChI is InChI=1S/C44H82N4O4/c1-4-7-9-11-13-15-17-19-21-23-25-27-29-31-33-37-41(49)48(40(43(51)52-6-3)36-35-39-47-44(45)46)42(50)38-34-32-30-28-26-24-22-20-18-16-14-12-10-8-5-2/h19,21,34,38,40H,4-18,20,22-33,35-37,39H2,1-3H3,(H4,45,46,47)/b21-19-,38-34?/t40-/m0/s1. The van der Waals surface area contributed by atoms with E-state index in [1.807, 2.05) is 6.08 Å². The van der Waals surface area contributed by atoms with Gasteiger partial charge in [-0.1, -0.05) is 160 Å². The van der Waals surface area contributed by atoms with Crippen LogP contribution >= 0.6 is 0 Å². The zero-order chi connectivity index (χ0) is 38.3. The monoisotopic (exact) mass is 731 g/mol. The van der Waals surface area contributed by atoms with Crippen molar-refractivity contribution >= 4 is 23.7 Å². The van der Waals surface area contributed by atoms with E-state index in [1.54, 1.807) is 6.92 Å². The Hall–Kier alpha value is -2.64. The molecular formula is C44H82N4O4. The van der Waals surface area contributed by atoms with Gasteiger partial charge in [0.1, 0.15) is 6.04 Å². The Labute approximate surface area is 320 Å². The summed E-state index contributed by atoms with van der Waals surface area (Å²) >= 11 is 0. The molecule has 0 saturated heterocycles. The number of esters is 1. The smallest absolute Gasteiger partial charge is 0.329 e. The Morgan fingerprint density at radius 3 is 1.44 bits per heavy atom. The Balaban J connectivity index is 4.79. The molecule has 0 bridgehead atoms. The summed E-state index contributed by atoms with van der Waals surface area (Å²) in [6, 6.07) is -1.00. The molecule has 0 saturated carbocycles. The van der Waals surface area contributed by atoms with E-state index in [9.17, 15) is 14.4 Å². The van der Waals surface area contributed by atoms with E-state index in [1.165, 1.54) is 122 Å². The third-order valence-corrected chi connectivity index (χ3v) is 9.69. The number of aliphatic imine (C=N–C) groups is 1. The van der Waals surface area contributed by atoms with Gasteiger partial charge >= 0.3 is 5.97 Å². The lowest BCUT2D eigenvalue weighted by Crippen LogP contribution is -2.49. The van der Waals surface area contributed by atoms with Crippen molar-refractivity contribution in [1.82, 2.24) is 4.90 Å². The van der Waals surface area contributed by atoms with Gasteiger partial charge in [-0.15, -0.1) is 0 Å². The van der Waals surface area contributed by atoms with Gasteiger partial charge in [0.05, 0.1) is 6.61 Å². The molecule has 302 valence electrons. The first-order valence-electron chi connectivity index (χ1n) is 21.8. The number of amides is 2. The van der Waals surface area contributed by atoms with Gasteiger partial charge in [-0.2, -0.15) is 0 Å². The molecule has 0 aliphatic carbocycles. The van der Waals surface area contributed by atoms with Crippen molar-refractivity contribution in [3.05, 3.63) is 24.3 Å². The van der Waals surface area contributed by atoms with Gasteiger partial charge in [0.25, 0.3) is 5.91 Å². The molecule has 0 aliphatic heterocycles. The van der Waals surface area contributed by atoms with Crippen molar-refractivity contribution in [2.24, 2.45) is 16.5 Å². The lowest BCUT2D eigenvalue weighted by Gasteiger charge is -2.28. The zero-order valence-corrected chi connectivity index (χ0v) is 34.2. The van der Waals surface area contributed by atoms with Crippen LogP contribution in [-0.2, 0) is 19.1 Å². The topological polar surface area (TPSA) is 128 Å². The molecule has 1 atom stereocenters. The molecule has 0 fully saturated rings. The highest BCUT2D eigenvalue weighted by Gasteiger charge is 2.34. The normalized spacial score (nSPS) is 12.1. The van der Waals surface area contributed by atoms with Gasteiger partial charge in [0, 0.05) is 13.0 Å². The highest BCUT2D eigenvalue weighted by atomic mass is 16.5. The lowest BCUT2D eigenvalue weighted by atomic mass is 10.0. The maximum Gasteiger partial charge on any atom is 0.329 e. The van der Waals surface area contributed by atoms with Gasteiger partial charge in [-0.05, 0) is 70.8 Å².